The van der Waals surface area contributed by atoms with Crippen LogP contribution in [0.5, 0.6) is 0 Å². The molecule has 0 radical (unpaired) electrons. The fourth-order valence-electron chi connectivity index (χ4n) is 1.62. The maximum Gasteiger partial charge on any atom is 0.184 e. The quantitative estimate of drug-likeness (QED) is 0.709. The molecule has 98 valence electrons. The largest absolute Gasteiger partial charge is 0.411 e. The van der Waals surface area contributed by atoms with E-state index in [1.54, 1.807) is 0 Å². The van der Waals surface area contributed by atoms with Crippen molar-refractivity contribution in [1.29, 1.82) is 5.26 Å². The Morgan fingerprint density at radius 2 is 1.89 bits per heavy atom. The second-order valence-corrected chi connectivity index (χ2v) is 9.68. The van der Waals surface area contributed by atoms with Crippen molar-refractivity contribution in [1.82, 2.24) is 0 Å². The molecule has 3 nitrogen and oxygen atoms in total. The van der Waals surface area contributed by atoms with Crippen molar-refractivity contribution in [3.8, 4) is 6.07 Å². The van der Waals surface area contributed by atoms with E-state index in [2.05, 4.69) is 25.7 Å². The van der Waals surface area contributed by atoms with Crippen LogP contribution in [0.1, 0.15) is 12.0 Å². The van der Waals surface area contributed by atoms with Crippen LogP contribution in [0.4, 0.5) is 0 Å². The lowest BCUT2D eigenvalue weighted by Gasteiger charge is -2.24. The highest BCUT2D eigenvalue weighted by atomic mass is 28.4. The van der Waals surface area contributed by atoms with Crippen LogP contribution in [-0.4, -0.2) is 21.0 Å². The molecule has 1 rings (SSSR count). The number of nitrogens with zero attached hydrogens (tertiary/aromatic N) is 1. The van der Waals surface area contributed by atoms with Gasteiger partial charge in [-0.15, -0.1) is 0 Å². The van der Waals surface area contributed by atoms with Crippen LogP contribution in [0.25, 0.3) is 0 Å². The monoisotopic (exact) mass is 263 g/mol. The molecule has 1 atom stereocenters. The predicted octanol–water partition coefficient (Wildman–Crippen LogP) is 3.34. The van der Waals surface area contributed by atoms with Crippen LogP contribution in [0.15, 0.2) is 30.3 Å². The fraction of sp³-hybridized carbons (Fsp3) is 0.500. The summed E-state index contributed by atoms with van der Waals surface area (Å²) in [7, 11) is -1.62. The van der Waals surface area contributed by atoms with Gasteiger partial charge in [0.2, 0.25) is 0 Å². The molecular formula is C14H21NO2Si. The van der Waals surface area contributed by atoms with Crippen molar-refractivity contribution >= 4 is 8.32 Å². The van der Waals surface area contributed by atoms with Gasteiger partial charge < -0.3 is 9.16 Å². The van der Waals surface area contributed by atoms with Crippen LogP contribution in [0.2, 0.25) is 19.6 Å². The third-order valence-corrected chi connectivity index (χ3v) is 3.29. The highest BCUT2D eigenvalue weighted by Crippen LogP contribution is 2.11. The molecule has 0 heterocycles. The SMILES string of the molecule is C[Si](C)(C)OC(CC#N)COCc1ccccc1. The zero-order chi connectivity index (χ0) is 13.4. The van der Waals surface area contributed by atoms with Gasteiger partial charge in [-0.25, -0.2) is 0 Å². The molecule has 18 heavy (non-hydrogen) atoms. The maximum absolute atomic E-state index is 8.78. The lowest BCUT2D eigenvalue weighted by Crippen LogP contribution is -2.34. The van der Waals surface area contributed by atoms with Gasteiger partial charge in [0.05, 0.1) is 31.8 Å². The Morgan fingerprint density at radius 1 is 1.22 bits per heavy atom. The number of ether oxygens (including phenoxy) is 1. The fourth-order valence-corrected chi connectivity index (χ4v) is 2.77. The molecule has 0 saturated heterocycles. The smallest absolute Gasteiger partial charge is 0.184 e. The minimum Gasteiger partial charge on any atom is -0.411 e. The van der Waals surface area contributed by atoms with Gasteiger partial charge in [0.1, 0.15) is 0 Å². The molecule has 1 aromatic rings. The Kier molecular flexibility index (Phi) is 6.06. The predicted molar refractivity (Wildman–Crippen MR) is 74.5 cm³/mol. The summed E-state index contributed by atoms with van der Waals surface area (Å²) in [6, 6.07) is 12.2. The Hall–Kier alpha value is -1.15. The van der Waals surface area contributed by atoms with Crippen LogP contribution in [-0.2, 0) is 15.8 Å². The number of hydrogen-bond acceptors (Lipinski definition) is 3. The van der Waals surface area contributed by atoms with Crippen molar-refractivity contribution in [2.45, 2.75) is 38.8 Å². The first kappa shape index (κ1) is 14.9. The average molecular weight is 263 g/mol. The minimum absolute atomic E-state index is 0.106. The van der Waals surface area contributed by atoms with Crippen molar-refractivity contribution in [3.63, 3.8) is 0 Å². The molecule has 0 aliphatic rings. The van der Waals surface area contributed by atoms with Crippen molar-refractivity contribution in [2.75, 3.05) is 6.61 Å². The highest BCUT2D eigenvalue weighted by Gasteiger charge is 2.21. The van der Waals surface area contributed by atoms with Crippen LogP contribution >= 0.6 is 0 Å². The molecule has 0 amide bonds. The van der Waals surface area contributed by atoms with Gasteiger partial charge in [0.15, 0.2) is 8.32 Å². The Bertz CT molecular complexity index is 381. The molecule has 1 unspecified atom stereocenters. The van der Waals surface area contributed by atoms with E-state index in [4.69, 9.17) is 14.4 Å². The van der Waals surface area contributed by atoms with E-state index in [9.17, 15) is 0 Å². The number of rotatable bonds is 7. The molecule has 0 bridgehead atoms. The number of nitriles is 1. The van der Waals surface area contributed by atoms with E-state index in [1.165, 1.54) is 0 Å². The summed E-state index contributed by atoms with van der Waals surface area (Å²) >= 11 is 0. The lowest BCUT2D eigenvalue weighted by molar-refractivity contribution is 0.0397. The van der Waals surface area contributed by atoms with Gasteiger partial charge in [-0.2, -0.15) is 5.26 Å². The summed E-state index contributed by atoms with van der Waals surface area (Å²) in [4.78, 5) is 0. The van der Waals surface area contributed by atoms with Gasteiger partial charge in [-0.05, 0) is 25.2 Å². The van der Waals surface area contributed by atoms with Gasteiger partial charge in [0, 0.05) is 0 Å². The Morgan fingerprint density at radius 3 is 2.44 bits per heavy atom. The number of hydrogen-bond donors (Lipinski definition) is 0. The molecule has 0 aliphatic carbocycles. The maximum atomic E-state index is 8.78. The van der Waals surface area contributed by atoms with Gasteiger partial charge in [0.25, 0.3) is 0 Å². The lowest BCUT2D eigenvalue weighted by atomic mass is 10.2. The highest BCUT2D eigenvalue weighted by molar-refractivity contribution is 6.69. The van der Waals surface area contributed by atoms with Gasteiger partial charge in [-0.3, -0.25) is 0 Å². The van der Waals surface area contributed by atoms with E-state index in [0.29, 0.717) is 19.6 Å². The van der Waals surface area contributed by atoms with E-state index < -0.39 is 8.32 Å². The number of benzene rings is 1. The topological polar surface area (TPSA) is 42.2 Å². The van der Waals surface area contributed by atoms with Crippen LogP contribution < -0.4 is 0 Å². The van der Waals surface area contributed by atoms with Crippen molar-refractivity contribution in [3.05, 3.63) is 35.9 Å². The molecule has 0 spiro atoms. The van der Waals surface area contributed by atoms with Crippen LogP contribution in [0, 0.1) is 11.3 Å². The minimum atomic E-state index is -1.62. The standard InChI is InChI=1S/C14H21NO2Si/c1-18(2,3)17-14(9-10-15)12-16-11-13-7-5-4-6-8-13/h4-8,14H,9,11-12H2,1-3H3. The molecule has 0 fully saturated rings. The first-order chi connectivity index (χ1) is 8.51. The van der Waals surface area contributed by atoms with Crippen molar-refractivity contribution < 1.29 is 9.16 Å². The molecule has 0 saturated carbocycles. The molecular weight excluding hydrogens is 242 g/mol. The molecule has 0 N–H and O–H groups in total. The van der Waals surface area contributed by atoms with E-state index in [1.807, 2.05) is 30.3 Å². The molecule has 4 heteroatoms. The van der Waals surface area contributed by atoms with E-state index in [0.717, 1.165) is 5.56 Å². The third-order valence-electron chi connectivity index (χ3n) is 2.25. The average Bonchev–Trinajstić information content (AvgIpc) is 2.28. The Labute approximate surface area is 110 Å². The Balaban J connectivity index is 2.36. The second kappa shape index (κ2) is 7.32. The zero-order valence-electron chi connectivity index (χ0n) is 11.3. The summed E-state index contributed by atoms with van der Waals surface area (Å²) in [5, 5.41) is 8.78. The normalized spacial score (nSPS) is 13.0. The van der Waals surface area contributed by atoms with Crippen molar-refractivity contribution in [2.24, 2.45) is 0 Å². The van der Waals surface area contributed by atoms with Crippen LogP contribution in [0.3, 0.4) is 0 Å². The third kappa shape index (κ3) is 6.55. The zero-order valence-corrected chi connectivity index (χ0v) is 12.3. The molecule has 1 aromatic carbocycles. The summed E-state index contributed by atoms with van der Waals surface area (Å²) in [5.41, 5.74) is 1.14. The first-order valence-corrected chi connectivity index (χ1v) is 9.58. The van der Waals surface area contributed by atoms with E-state index in [-0.39, 0.29) is 6.10 Å². The summed E-state index contributed by atoms with van der Waals surface area (Å²) in [6.07, 6.45) is 0.282. The molecule has 0 aliphatic heterocycles. The summed E-state index contributed by atoms with van der Waals surface area (Å²) < 4.78 is 11.5. The van der Waals surface area contributed by atoms with E-state index >= 15 is 0 Å². The first-order valence-electron chi connectivity index (χ1n) is 6.18. The van der Waals surface area contributed by atoms with Gasteiger partial charge >= 0.3 is 0 Å². The summed E-state index contributed by atoms with van der Waals surface area (Å²) in [5.74, 6) is 0. The van der Waals surface area contributed by atoms with Gasteiger partial charge in [-0.1, -0.05) is 30.3 Å². The summed E-state index contributed by atoms with van der Waals surface area (Å²) in [6.45, 7) is 7.41. The molecule has 0 aromatic heterocycles. The second-order valence-electron chi connectivity index (χ2n) is 5.22.